The smallest absolute Gasteiger partial charge is 0.240 e. The summed E-state index contributed by atoms with van der Waals surface area (Å²) in [6, 6.07) is 12.6. The number of piperidine rings is 1. The van der Waals surface area contributed by atoms with Gasteiger partial charge in [0.1, 0.15) is 0 Å². The first-order valence-corrected chi connectivity index (χ1v) is 11.4. The van der Waals surface area contributed by atoms with Crippen LogP contribution in [0.3, 0.4) is 0 Å². The summed E-state index contributed by atoms with van der Waals surface area (Å²) in [5, 5.41) is 4.74. The Bertz CT molecular complexity index is 914. The van der Waals surface area contributed by atoms with Crippen LogP contribution in [0.5, 0.6) is 0 Å². The number of hydrogen-bond acceptors (Lipinski definition) is 4. The number of carbonyl (C=O) groups is 1. The fourth-order valence-electron chi connectivity index (χ4n) is 3.65. The van der Waals surface area contributed by atoms with E-state index in [0.717, 1.165) is 30.4 Å². The third kappa shape index (κ3) is 5.77. The number of rotatable bonds is 8. The summed E-state index contributed by atoms with van der Waals surface area (Å²) >= 11 is 0. The first-order chi connectivity index (χ1) is 13.4. The van der Waals surface area contributed by atoms with E-state index in [1.54, 1.807) is 18.2 Å². The Hall–Kier alpha value is -1.96. The lowest BCUT2D eigenvalue weighted by Crippen LogP contribution is -2.40. The number of carbonyl (C=O) groups excluding carboxylic acids is 1. The van der Waals surface area contributed by atoms with E-state index >= 15 is 0 Å². The second kappa shape index (κ2) is 9.49. The van der Waals surface area contributed by atoms with Crippen LogP contribution in [0.4, 0.5) is 0 Å². The van der Waals surface area contributed by atoms with Gasteiger partial charge in [-0.1, -0.05) is 37.3 Å². The van der Waals surface area contributed by atoms with Gasteiger partial charge in [0.05, 0.1) is 4.90 Å². The van der Waals surface area contributed by atoms with Crippen molar-refractivity contribution >= 4 is 26.7 Å². The van der Waals surface area contributed by atoms with E-state index in [1.165, 1.54) is 12.8 Å². The molecule has 0 bridgehead atoms. The normalized spacial score (nSPS) is 18.2. The highest BCUT2D eigenvalue weighted by Crippen LogP contribution is 2.18. The fourth-order valence-corrected chi connectivity index (χ4v) is 4.72. The number of amides is 1. The zero-order valence-electron chi connectivity index (χ0n) is 16.4. The molecular weight excluding hydrogens is 374 g/mol. The van der Waals surface area contributed by atoms with Crippen LogP contribution in [-0.4, -0.2) is 51.9 Å². The minimum absolute atomic E-state index is 0.0851. The fraction of sp³-hybridized carbons (Fsp3) is 0.476. The Labute approximate surface area is 167 Å². The zero-order valence-corrected chi connectivity index (χ0v) is 17.2. The van der Waals surface area contributed by atoms with Gasteiger partial charge >= 0.3 is 0 Å². The summed E-state index contributed by atoms with van der Waals surface area (Å²) in [5.41, 5.74) is 0. The van der Waals surface area contributed by atoms with Gasteiger partial charge in [0.25, 0.3) is 0 Å². The van der Waals surface area contributed by atoms with E-state index in [-0.39, 0.29) is 23.8 Å². The van der Waals surface area contributed by atoms with Gasteiger partial charge in [0.15, 0.2) is 0 Å². The summed E-state index contributed by atoms with van der Waals surface area (Å²) in [7, 11) is -3.63. The van der Waals surface area contributed by atoms with E-state index in [4.69, 9.17) is 0 Å². The average Bonchev–Trinajstić information content (AvgIpc) is 2.67. The van der Waals surface area contributed by atoms with Gasteiger partial charge in [-0.3, -0.25) is 4.79 Å². The minimum atomic E-state index is -3.63. The van der Waals surface area contributed by atoms with Crippen molar-refractivity contribution < 1.29 is 13.2 Å². The number of sulfonamides is 1. The van der Waals surface area contributed by atoms with Crippen LogP contribution in [0.25, 0.3) is 10.8 Å². The van der Waals surface area contributed by atoms with Gasteiger partial charge in [-0.25, -0.2) is 13.1 Å². The van der Waals surface area contributed by atoms with Crippen molar-refractivity contribution in [1.82, 2.24) is 14.9 Å². The molecule has 1 saturated heterocycles. The maximum absolute atomic E-state index is 12.5. The largest absolute Gasteiger partial charge is 0.355 e. The molecule has 0 aromatic heterocycles. The monoisotopic (exact) mass is 403 g/mol. The van der Waals surface area contributed by atoms with Gasteiger partial charge in [0, 0.05) is 32.6 Å². The molecule has 2 N–H and O–H groups in total. The molecule has 152 valence electrons. The van der Waals surface area contributed by atoms with Crippen molar-refractivity contribution in [1.29, 1.82) is 0 Å². The predicted octanol–water partition coefficient (Wildman–Crippen LogP) is 2.36. The highest BCUT2D eigenvalue weighted by atomic mass is 32.2. The standard InChI is InChI=1S/C21H29N3O3S/c1-17-5-4-13-24(16-17)14-12-22-21(25)10-11-23-28(26,27)20-9-8-18-6-2-3-7-19(18)15-20/h2-3,6-9,15,17,23H,4-5,10-14,16H2,1H3,(H,22,25). The topological polar surface area (TPSA) is 78.5 Å². The molecule has 0 spiro atoms. The Morgan fingerprint density at radius 3 is 2.71 bits per heavy atom. The molecule has 0 radical (unpaired) electrons. The van der Waals surface area contributed by atoms with E-state index in [1.807, 2.05) is 24.3 Å². The number of nitrogens with one attached hydrogen (secondary N) is 2. The van der Waals surface area contributed by atoms with Crippen molar-refractivity contribution in [2.45, 2.75) is 31.1 Å². The first-order valence-electron chi connectivity index (χ1n) is 9.91. The summed E-state index contributed by atoms with van der Waals surface area (Å²) in [5.74, 6) is 0.584. The Morgan fingerprint density at radius 1 is 1.14 bits per heavy atom. The summed E-state index contributed by atoms with van der Waals surface area (Å²) in [6.45, 7) is 5.96. The quantitative estimate of drug-likeness (QED) is 0.709. The summed E-state index contributed by atoms with van der Waals surface area (Å²) in [4.78, 5) is 14.6. The number of likely N-dealkylation sites (tertiary alicyclic amines) is 1. The molecule has 7 heteroatoms. The molecule has 0 saturated carbocycles. The molecule has 1 amide bonds. The first kappa shape index (κ1) is 20.8. The molecular formula is C21H29N3O3S. The SMILES string of the molecule is CC1CCCN(CCNC(=O)CCNS(=O)(=O)c2ccc3ccccc3c2)C1. The molecule has 1 fully saturated rings. The van der Waals surface area contributed by atoms with E-state index in [9.17, 15) is 13.2 Å². The molecule has 1 atom stereocenters. The number of nitrogens with zero attached hydrogens (tertiary/aromatic N) is 1. The molecule has 6 nitrogen and oxygen atoms in total. The van der Waals surface area contributed by atoms with Crippen LogP contribution in [0.1, 0.15) is 26.2 Å². The third-order valence-corrected chi connectivity index (χ3v) is 6.63. The van der Waals surface area contributed by atoms with Crippen LogP contribution in [-0.2, 0) is 14.8 Å². The lowest BCUT2D eigenvalue weighted by atomic mass is 10.0. The Kier molecular flexibility index (Phi) is 7.04. The predicted molar refractivity (Wildman–Crippen MR) is 112 cm³/mol. The molecule has 1 heterocycles. The van der Waals surface area contributed by atoms with Gasteiger partial charge in [-0.2, -0.15) is 0 Å². The number of hydrogen-bond donors (Lipinski definition) is 2. The van der Waals surface area contributed by atoms with Crippen molar-refractivity contribution in [2.24, 2.45) is 5.92 Å². The number of benzene rings is 2. The Balaban J connectivity index is 1.42. The van der Waals surface area contributed by atoms with Crippen molar-refractivity contribution in [3.8, 4) is 0 Å². The highest BCUT2D eigenvalue weighted by Gasteiger charge is 2.17. The van der Waals surface area contributed by atoms with Crippen molar-refractivity contribution in [3.63, 3.8) is 0 Å². The molecule has 2 aromatic carbocycles. The van der Waals surface area contributed by atoms with Crippen LogP contribution >= 0.6 is 0 Å². The molecule has 0 aliphatic carbocycles. The molecule has 1 aliphatic rings. The van der Waals surface area contributed by atoms with E-state index in [0.29, 0.717) is 12.5 Å². The van der Waals surface area contributed by atoms with E-state index in [2.05, 4.69) is 21.9 Å². The maximum atomic E-state index is 12.5. The molecule has 2 aromatic rings. The second-order valence-corrected chi connectivity index (χ2v) is 9.32. The maximum Gasteiger partial charge on any atom is 0.240 e. The van der Waals surface area contributed by atoms with E-state index < -0.39 is 10.0 Å². The van der Waals surface area contributed by atoms with Crippen LogP contribution in [0, 0.1) is 5.92 Å². The van der Waals surface area contributed by atoms with Gasteiger partial charge in [0.2, 0.25) is 15.9 Å². The minimum Gasteiger partial charge on any atom is -0.355 e. The van der Waals surface area contributed by atoms with Gasteiger partial charge < -0.3 is 10.2 Å². The van der Waals surface area contributed by atoms with Gasteiger partial charge in [-0.15, -0.1) is 0 Å². The molecule has 3 rings (SSSR count). The average molecular weight is 404 g/mol. The highest BCUT2D eigenvalue weighted by molar-refractivity contribution is 7.89. The number of fused-ring (bicyclic) bond motifs is 1. The second-order valence-electron chi connectivity index (χ2n) is 7.55. The summed E-state index contributed by atoms with van der Waals surface area (Å²) < 4.78 is 27.4. The molecule has 1 unspecified atom stereocenters. The Morgan fingerprint density at radius 2 is 1.93 bits per heavy atom. The lowest BCUT2D eigenvalue weighted by Gasteiger charge is -2.30. The molecule has 28 heavy (non-hydrogen) atoms. The molecule has 1 aliphatic heterocycles. The van der Waals surface area contributed by atoms with Gasteiger partial charge in [-0.05, 0) is 48.2 Å². The lowest BCUT2D eigenvalue weighted by molar-refractivity contribution is -0.121. The van der Waals surface area contributed by atoms with Crippen molar-refractivity contribution in [2.75, 3.05) is 32.7 Å². The van der Waals surface area contributed by atoms with Crippen molar-refractivity contribution in [3.05, 3.63) is 42.5 Å². The van der Waals surface area contributed by atoms with Crippen LogP contribution in [0.2, 0.25) is 0 Å². The third-order valence-electron chi connectivity index (χ3n) is 5.17. The van der Waals surface area contributed by atoms with Crippen LogP contribution < -0.4 is 10.0 Å². The zero-order chi connectivity index (χ0) is 20.0. The van der Waals surface area contributed by atoms with Crippen LogP contribution in [0.15, 0.2) is 47.4 Å². The summed E-state index contributed by atoms with van der Waals surface area (Å²) in [6.07, 6.45) is 2.62.